The van der Waals surface area contributed by atoms with Crippen molar-refractivity contribution in [3.05, 3.63) is 65.7 Å². The molecule has 1 N–H and O–H groups in total. The summed E-state index contributed by atoms with van der Waals surface area (Å²) in [7, 11) is -2.12. The molecule has 1 aliphatic rings. The summed E-state index contributed by atoms with van der Waals surface area (Å²) < 4.78 is 37.5. The van der Waals surface area contributed by atoms with E-state index in [-0.39, 0.29) is 30.1 Å². The molecule has 1 heterocycles. The first-order valence-electron chi connectivity index (χ1n) is 9.06. The number of sulfonamides is 1. The summed E-state index contributed by atoms with van der Waals surface area (Å²) in [5.41, 5.74) is 1.48. The van der Waals surface area contributed by atoms with Crippen molar-refractivity contribution in [2.24, 2.45) is 0 Å². The van der Waals surface area contributed by atoms with Crippen LogP contribution in [-0.4, -0.2) is 59.2 Å². The summed E-state index contributed by atoms with van der Waals surface area (Å²) in [5, 5.41) is 0. The summed E-state index contributed by atoms with van der Waals surface area (Å²) in [4.78, 5) is 14.7. The summed E-state index contributed by atoms with van der Waals surface area (Å²) >= 11 is 0. The Hall–Kier alpha value is -2.26. The van der Waals surface area contributed by atoms with Crippen molar-refractivity contribution in [1.29, 1.82) is 0 Å². The maximum atomic E-state index is 12.8. The van der Waals surface area contributed by atoms with Crippen LogP contribution in [0.3, 0.4) is 0 Å². The lowest BCUT2D eigenvalue weighted by atomic mass is 10.1. The second kappa shape index (κ2) is 9.29. The van der Waals surface area contributed by atoms with Crippen LogP contribution < -0.4 is 4.72 Å². The molecule has 1 unspecified atom stereocenters. The summed E-state index contributed by atoms with van der Waals surface area (Å²) in [5.74, 6) is -0.138. The summed E-state index contributed by atoms with van der Waals surface area (Å²) in [6, 6.07) is 15.8. The van der Waals surface area contributed by atoms with Gasteiger partial charge in [-0.05, 0) is 29.8 Å². The van der Waals surface area contributed by atoms with E-state index in [0.29, 0.717) is 25.3 Å². The Morgan fingerprint density at radius 3 is 2.57 bits per heavy atom. The number of hydrogen-bond acceptors (Lipinski definition) is 5. The first-order valence-corrected chi connectivity index (χ1v) is 10.5. The highest BCUT2D eigenvalue weighted by atomic mass is 32.2. The van der Waals surface area contributed by atoms with E-state index in [9.17, 15) is 13.2 Å². The zero-order valence-electron chi connectivity index (χ0n) is 15.7. The quantitative estimate of drug-likeness (QED) is 0.712. The molecule has 0 bridgehead atoms. The number of rotatable bonds is 7. The normalized spacial score (nSPS) is 17.5. The number of morpholine rings is 1. The Bertz CT molecular complexity index is 885. The lowest BCUT2D eigenvalue weighted by molar-refractivity contribution is -0.0228. The molecule has 8 heteroatoms. The third kappa shape index (κ3) is 4.96. The molecule has 0 spiro atoms. The van der Waals surface area contributed by atoms with E-state index in [2.05, 4.69) is 4.72 Å². The van der Waals surface area contributed by atoms with Gasteiger partial charge in [-0.25, -0.2) is 13.1 Å². The summed E-state index contributed by atoms with van der Waals surface area (Å²) in [6.45, 7) is 1.90. The van der Waals surface area contributed by atoms with Gasteiger partial charge in [0.2, 0.25) is 10.0 Å². The molecule has 1 aliphatic heterocycles. The van der Waals surface area contributed by atoms with Gasteiger partial charge in [0.05, 0.1) is 24.7 Å². The van der Waals surface area contributed by atoms with Gasteiger partial charge in [0.15, 0.2) is 0 Å². The van der Waals surface area contributed by atoms with Crippen LogP contribution in [0.4, 0.5) is 0 Å². The lowest BCUT2D eigenvalue weighted by Crippen LogP contribution is -2.42. The van der Waals surface area contributed by atoms with Crippen LogP contribution in [0.15, 0.2) is 59.5 Å². The lowest BCUT2D eigenvalue weighted by Gasteiger charge is -2.33. The van der Waals surface area contributed by atoms with Crippen LogP contribution >= 0.6 is 0 Å². The smallest absolute Gasteiger partial charge is 0.254 e. The van der Waals surface area contributed by atoms with E-state index in [1.54, 1.807) is 17.0 Å². The van der Waals surface area contributed by atoms with E-state index in [1.807, 2.05) is 30.3 Å². The van der Waals surface area contributed by atoms with Gasteiger partial charge >= 0.3 is 0 Å². The molecule has 0 aromatic heterocycles. The molecule has 1 atom stereocenters. The van der Waals surface area contributed by atoms with Crippen molar-refractivity contribution >= 4 is 15.9 Å². The Balaban J connectivity index is 1.67. The summed E-state index contributed by atoms with van der Waals surface area (Å²) in [6.07, 6.45) is -0.163. The zero-order valence-corrected chi connectivity index (χ0v) is 16.5. The van der Waals surface area contributed by atoms with Crippen molar-refractivity contribution < 1.29 is 22.7 Å². The molecule has 1 amide bonds. The van der Waals surface area contributed by atoms with Crippen LogP contribution in [0.5, 0.6) is 0 Å². The number of amides is 1. The van der Waals surface area contributed by atoms with E-state index < -0.39 is 10.0 Å². The first kappa shape index (κ1) is 20.5. The fraction of sp³-hybridized carbons (Fsp3) is 0.350. The standard InChI is InChI=1S/C20H24N2O5S/c1-26-13-11-21-28(24,25)18-9-7-17(8-10-18)20(23)22-12-14-27-19(15-22)16-5-3-2-4-6-16/h2-10,19,21H,11-15H2,1H3. The van der Waals surface area contributed by atoms with Crippen molar-refractivity contribution in [3.63, 3.8) is 0 Å². The van der Waals surface area contributed by atoms with Gasteiger partial charge in [-0.3, -0.25) is 4.79 Å². The minimum absolute atomic E-state index is 0.115. The Morgan fingerprint density at radius 1 is 1.18 bits per heavy atom. The highest BCUT2D eigenvalue weighted by Crippen LogP contribution is 2.23. The first-order chi connectivity index (χ1) is 13.5. The molecule has 28 heavy (non-hydrogen) atoms. The minimum Gasteiger partial charge on any atom is -0.383 e. The predicted molar refractivity (Wildman–Crippen MR) is 105 cm³/mol. The van der Waals surface area contributed by atoms with Gasteiger partial charge in [-0.2, -0.15) is 0 Å². The molecule has 2 aromatic carbocycles. The van der Waals surface area contributed by atoms with Crippen LogP contribution in [-0.2, 0) is 19.5 Å². The highest BCUT2D eigenvalue weighted by molar-refractivity contribution is 7.89. The molecule has 1 fully saturated rings. The third-order valence-corrected chi connectivity index (χ3v) is 6.01. The maximum absolute atomic E-state index is 12.8. The number of nitrogens with zero attached hydrogens (tertiary/aromatic N) is 1. The molecule has 1 saturated heterocycles. The number of benzene rings is 2. The minimum atomic E-state index is -3.62. The molecular weight excluding hydrogens is 380 g/mol. The SMILES string of the molecule is COCCNS(=O)(=O)c1ccc(C(=O)N2CCOC(c3ccccc3)C2)cc1. The van der Waals surface area contributed by atoms with Gasteiger partial charge in [0.1, 0.15) is 6.10 Å². The van der Waals surface area contributed by atoms with Crippen molar-refractivity contribution in [1.82, 2.24) is 9.62 Å². The van der Waals surface area contributed by atoms with Gasteiger partial charge < -0.3 is 14.4 Å². The third-order valence-electron chi connectivity index (χ3n) is 4.53. The molecule has 0 aliphatic carbocycles. The number of hydrogen-bond donors (Lipinski definition) is 1. The predicted octanol–water partition coefficient (Wildman–Crippen LogP) is 1.82. The number of carbonyl (C=O) groups excluding carboxylic acids is 1. The molecule has 0 radical (unpaired) electrons. The largest absolute Gasteiger partial charge is 0.383 e. The Morgan fingerprint density at radius 2 is 1.89 bits per heavy atom. The molecule has 150 valence electrons. The van der Waals surface area contributed by atoms with Gasteiger partial charge in [-0.15, -0.1) is 0 Å². The van der Waals surface area contributed by atoms with E-state index in [4.69, 9.17) is 9.47 Å². The van der Waals surface area contributed by atoms with Crippen molar-refractivity contribution in [3.8, 4) is 0 Å². The van der Waals surface area contributed by atoms with Crippen LogP contribution in [0.1, 0.15) is 22.0 Å². The van der Waals surface area contributed by atoms with Crippen molar-refractivity contribution in [2.45, 2.75) is 11.0 Å². The molecule has 2 aromatic rings. The second-order valence-electron chi connectivity index (χ2n) is 6.44. The van der Waals surface area contributed by atoms with Gasteiger partial charge in [0, 0.05) is 25.8 Å². The Labute approximate surface area is 165 Å². The molecule has 7 nitrogen and oxygen atoms in total. The number of methoxy groups -OCH3 is 1. The molecule has 3 rings (SSSR count). The van der Waals surface area contributed by atoms with Crippen LogP contribution in [0, 0.1) is 0 Å². The van der Waals surface area contributed by atoms with E-state index in [1.165, 1.54) is 19.2 Å². The van der Waals surface area contributed by atoms with Crippen molar-refractivity contribution in [2.75, 3.05) is 40.0 Å². The van der Waals surface area contributed by atoms with Crippen LogP contribution in [0.2, 0.25) is 0 Å². The number of nitrogens with one attached hydrogen (secondary N) is 1. The number of carbonyl (C=O) groups is 1. The maximum Gasteiger partial charge on any atom is 0.254 e. The highest BCUT2D eigenvalue weighted by Gasteiger charge is 2.26. The van der Waals surface area contributed by atoms with Gasteiger partial charge in [0.25, 0.3) is 5.91 Å². The molecule has 0 saturated carbocycles. The average molecular weight is 404 g/mol. The topological polar surface area (TPSA) is 84.9 Å². The monoisotopic (exact) mass is 404 g/mol. The fourth-order valence-corrected chi connectivity index (χ4v) is 4.04. The van der Waals surface area contributed by atoms with E-state index >= 15 is 0 Å². The molecular formula is C20H24N2O5S. The zero-order chi connectivity index (χ0) is 20.0. The number of ether oxygens (including phenoxy) is 2. The van der Waals surface area contributed by atoms with E-state index in [0.717, 1.165) is 5.56 Å². The fourth-order valence-electron chi connectivity index (χ4n) is 3.02. The van der Waals surface area contributed by atoms with Gasteiger partial charge in [-0.1, -0.05) is 30.3 Å². The average Bonchev–Trinajstić information content (AvgIpc) is 2.74. The Kier molecular flexibility index (Phi) is 6.79. The van der Waals surface area contributed by atoms with Crippen LogP contribution in [0.25, 0.3) is 0 Å². The second-order valence-corrected chi connectivity index (χ2v) is 8.20.